The third kappa shape index (κ3) is 2.99. The molecular weight excluding hydrogens is 280 g/mol. The number of hydrogen-bond acceptors (Lipinski definition) is 5. The summed E-state index contributed by atoms with van der Waals surface area (Å²) >= 11 is 7.63. The Morgan fingerprint density at radius 2 is 2.16 bits per heavy atom. The minimum Gasteiger partial charge on any atom is -0.368 e. The average molecular weight is 297 g/mol. The van der Waals surface area contributed by atoms with E-state index in [2.05, 4.69) is 33.2 Å². The summed E-state index contributed by atoms with van der Waals surface area (Å²) in [6, 6.07) is 2.12. The first kappa shape index (κ1) is 13.1. The van der Waals surface area contributed by atoms with E-state index in [1.165, 1.54) is 30.8 Å². The molecule has 0 bridgehead atoms. The van der Waals surface area contributed by atoms with Gasteiger partial charge in [-0.25, -0.2) is 9.97 Å². The fraction of sp³-hybridized carbons (Fsp3) is 0.538. The van der Waals surface area contributed by atoms with Crippen LogP contribution in [0.4, 0.5) is 5.82 Å². The third-order valence-corrected chi connectivity index (χ3v) is 4.52. The SMILES string of the molecule is Cc1cc2c(NCCN3CCCC3)nc(Cl)nc2s1. The molecule has 2 aromatic rings. The van der Waals surface area contributed by atoms with Crippen LogP contribution in [0.3, 0.4) is 0 Å². The molecule has 0 radical (unpaired) electrons. The van der Waals surface area contributed by atoms with Crippen molar-refractivity contribution in [3.63, 3.8) is 0 Å². The van der Waals surface area contributed by atoms with Gasteiger partial charge in [0, 0.05) is 18.0 Å². The van der Waals surface area contributed by atoms with E-state index < -0.39 is 0 Å². The molecule has 0 atom stereocenters. The van der Waals surface area contributed by atoms with Crippen molar-refractivity contribution in [2.75, 3.05) is 31.5 Å². The van der Waals surface area contributed by atoms with Gasteiger partial charge in [-0.15, -0.1) is 11.3 Å². The summed E-state index contributed by atoms with van der Waals surface area (Å²) < 4.78 is 0. The summed E-state index contributed by atoms with van der Waals surface area (Å²) in [4.78, 5) is 13.2. The van der Waals surface area contributed by atoms with E-state index in [4.69, 9.17) is 11.6 Å². The van der Waals surface area contributed by atoms with Gasteiger partial charge in [-0.05, 0) is 50.5 Å². The lowest BCUT2D eigenvalue weighted by atomic mass is 10.3. The number of thiophene rings is 1. The lowest BCUT2D eigenvalue weighted by molar-refractivity contribution is 0.352. The number of fused-ring (bicyclic) bond motifs is 1. The van der Waals surface area contributed by atoms with Crippen molar-refractivity contribution in [3.8, 4) is 0 Å². The molecule has 0 amide bonds. The minimum atomic E-state index is 0.318. The molecule has 4 nitrogen and oxygen atoms in total. The predicted molar refractivity (Wildman–Crippen MR) is 81.3 cm³/mol. The molecule has 1 aliphatic rings. The topological polar surface area (TPSA) is 41.0 Å². The number of anilines is 1. The maximum atomic E-state index is 5.97. The van der Waals surface area contributed by atoms with Gasteiger partial charge in [-0.1, -0.05) is 0 Å². The van der Waals surface area contributed by atoms with Gasteiger partial charge in [0.2, 0.25) is 5.28 Å². The lowest BCUT2D eigenvalue weighted by Gasteiger charge is -2.15. The van der Waals surface area contributed by atoms with Gasteiger partial charge in [0.15, 0.2) is 0 Å². The highest BCUT2D eigenvalue weighted by molar-refractivity contribution is 7.18. The quantitative estimate of drug-likeness (QED) is 0.880. The first-order valence-electron chi connectivity index (χ1n) is 6.62. The van der Waals surface area contributed by atoms with E-state index in [1.807, 2.05) is 0 Å². The van der Waals surface area contributed by atoms with Crippen LogP contribution in [0, 0.1) is 6.92 Å². The average Bonchev–Trinajstić information content (AvgIpc) is 2.97. The molecule has 6 heteroatoms. The zero-order valence-electron chi connectivity index (χ0n) is 10.9. The van der Waals surface area contributed by atoms with Gasteiger partial charge in [-0.3, -0.25) is 0 Å². The van der Waals surface area contributed by atoms with Gasteiger partial charge < -0.3 is 10.2 Å². The Balaban J connectivity index is 1.72. The fourth-order valence-corrected chi connectivity index (χ4v) is 3.59. The maximum absolute atomic E-state index is 5.97. The Bertz CT molecular complexity index is 577. The number of hydrogen-bond donors (Lipinski definition) is 1. The second-order valence-electron chi connectivity index (χ2n) is 4.89. The van der Waals surface area contributed by atoms with Gasteiger partial charge >= 0.3 is 0 Å². The molecule has 0 spiro atoms. The van der Waals surface area contributed by atoms with Crippen LogP contribution in [0.25, 0.3) is 10.2 Å². The maximum Gasteiger partial charge on any atom is 0.225 e. The lowest BCUT2D eigenvalue weighted by Crippen LogP contribution is -2.26. The Morgan fingerprint density at radius 1 is 1.37 bits per heavy atom. The highest BCUT2D eigenvalue weighted by atomic mass is 35.5. The number of nitrogens with zero attached hydrogens (tertiary/aromatic N) is 3. The van der Waals surface area contributed by atoms with E-state index in [-0.39, 0.29) is 0 Å². The summed E-state index contributed by atoms with van der Waals surface area (Å²) in [5.41, 5.74) is 0. The van der Waals surface area contributed by atoms with Gasteiger partial charge in [0.25, 0.3) is 0 Å². The summed E-state index contributed by atoms with van der Waals surface area (Å²) in [7, 11) is 0. The molecule has 19 heavy (non-hydrogen) atoms. The molecule has 1 aliphatic heterocycles. The first-order chi connectivity index (χ1) is 9.22. The number of rotatable bonds is 4. The molecule has 0 saturated carbocycles. The third-order valence-electron chi connectivity index (χ3n) is 3.41. The number of aryl methyl sites for hydroxylation is 1. The van der Waals surface area contributed by atoms with Crippen molar-refractivity contribution in [1.29, 1.82) is 0 Å². The monoisotopic (exact) mass is 296 g/mol. The van der Waals surface area contributed by atoms with Gasteiger partial charge in [0.1, 0.15) is 10.6 Å². The van der Waals surface area contributed by atoms with Crippen molar-refractivity contribution in [1.82, 2.24) is 14.9 Å². The van der Waals surface area contributed by atoms with E-state index >= 15 is 0 Å². The van der Waals surface area contributed by atoms with Crippen LogP contribution in [-0.4, -0.2) is 41.0 Å². The van der Waals surface area contributed by atoms with Crippen LogP contribution in [0.2, 0.25) is 5.28 Å². The Morgan fingerprint density at radius 3 is 2.95 bits per heavy atom. The molecule has 0 aromatic carbocycles. The van der Waals surface area contributed by atoms with Crippen LogP contribution in [0.15, 0.2) is 6.07 Å². The fourth-order valence-electron chi connectivity index (χ4n) is 2.49. The van der Waals surface area contributed by atoms with E-state index in [1.54, 1.807) is 11.3 Å². The van der Waals surface area contributed by atoms with Crippen LogP contribution in [0.1, 0.15) is 17.7 Å². The Kier molecular flexibility index (Phi) is 3.86. The highest BCUT2D eigenvalue weighted by Crippen LogP contribution is 2.29. The number of nitrogens with one attached hydrogen (secondary N) is 1. The molecule has 0 aliphatic carbocycles. The molecule has 2 aromatic heterocycles. The van der Waals surface area contributed by atoms with Crippen LogP contribution in [-0.2, 0) is 0 Å². The molecule has 0 unspecified atom stereocenters. The van der Waals surface area contributed by atoms with Crippen molar-refractivity contribution in [2.45, 2.75) is 19.8 Å². The summed E-state index contributed by atoms with van der Waals surface area (Å²) in [6.07, 6.45) is 2.65. The zero-order chi connectivity index (χ0) is 13.2. The molecule has 3 heterocycles. The Labute approximate surface area is 121 Å². The van der Waals surface area contributed by atoms with E-state index in [9.17, 15) is 0 Å². The zero-order valence-corrected chi connectivity index (χ0v) is 12.5. The predicted octanol–water partition coefficient (Wildman–Crippen LogP) is 3.16. The number of halogens is 1. The smallest absolute Gasteiger partial charge is 0.225 e. The van der Waals surface area contributed by atoms with Gasteiger partial charge in [-0.2, -0.15) is 0 Å². The summed E-state index contributed by atoms with van der Waals surface area (Å²) in [5.74, 6) is 0.860. The second-order valence-corrected chi connectivity index (χ2v) is 6.47. The van der Waals surface area contributed by atoms with Crippen molar-refractivity contribution in [2.24, 2.45) is 0 Å². The molecule has 102 valence electrons. The molecular formula is C13H17ClN4S. The minimum absolute atomic E-state index is 0.318. The molecule has 1 saturated heterocycles. The van der Waals surface area contributed by atoms with Crippen LogP contribution < -0.4 is 5.32 Å². The number of likely N-dealkylation sites (tertiary alicyclic amines) is 1. The normalized spacial score (nSPS) is 16.3. The van der Waals surface area contributed by atoms with Crippen molar-refractivity contribution < 1.29 is 0 Å². The van der Waals surface area contributed by atoms with Gasteiger partial charge in [0.05, 0.1) is 5.39 Å². The summed E-state index contributed by atoms with van der Waals surface area (Å²) in [6.45, 7) is 6.48. The van der Waals surface area contributed by atoms with Crippen LogP contribution >= 0.6 is 22.9 Å². The molecule has 3 rings (SSSR count). The summed E-state index contributed by atoms with van der Waals surface area (Å²) in [5, 5.41) is 4.79. The first-order valence-corrected chi connectivity index (χ1v) is 7.82. The second kappa shape index (κ2) is 5.61. The molecule has 1 fully saturated rings. The Hall–Kier alpha value is -0.910. The highest BCUT2D eigenvalue weighted by Gasteiger charge is 2.12. The van der Waals surface area contributed by atoms with Crippen molar-refractivity contribution >= 4 is 39.0 Å². The van der Waals surface area contributed by atoms with E-state index in [0.29, 0.717) is 5.28 Å². The van der Waals surface area contributed by atoms with Crippen LogP contribution in [0.5, 0.6) is 0 Å². The molecule has 1 N–H and O–H groups in total. The standard InChI is InChI=1S/C13H17ClN4S/c1-9-8-10-11(16-13(14)17-12(10)19-9)15-4-7-18-5-2-3-6-18/h8H,2-7H2,1H3,(H,15,16,17). The number of aromatic nitrogens is 2. The van der Waals surface area contributed by atoms with E-state index in [0.717, 1.165) is 29.1 Å². The largest absolute Gasteiger partial charge is 0.368 e. The van der Waals surface area contributed by atoms with Crippen molar-refractivity contribution in [3.05, 3.63) is 16.2 Å².